The smallest absolute Gasteiger partial charge is 0.360 e. The van der Waals surface area contributed by atoms with E-state index in [0.29, 0.717) is 0 Å². The van der Waals surface area contributed by atoms with Gasteiger partial charge < -0.3 is 4.74 Å². The molecular formula is C12H16ClIN2O3S. The van der Waals surface area contributed by atoms with Crippen LogP contribution in [0.1, 0.15) is 36.8 Å². The van der Waals surface area contributed by atoms with Gasteiger partial charge in [-0.15, -0.1) is 0 Å². The number of nitrogens with one attached hydrogen (secondary N) is 1. The molecule has 0 aliphatic rings. The Kier molecular flexibility index (Phi) is 9.15. The number of carbonyl (C=O) groups excluding carboxylic acids is 2. The first-order valence-corrected chi connectivity index (χ1v) is 9.60. The second-order valence-electron chi connectivity index (χ2n) is 3.28. The molecule has 112 valence electrons. The number of hydrogen-bond donors (Lipinski definition) is 1. The summed E-state index contributed by atoms with van der Waals surface area (Å²) in [7, 11) is 1.31. The minimum atomic E-state index is -0.939. The predicted octanol–water partition coefficient (Wildman–Crippen LogP) is 4.09. The number of Topliss-reactive ketones (excluding diaryl/α,β-unsaturated/α-hetero) is 1. The van der Waals surface area contributed by atoms with Crippen LogP contribution in [0.3, 0.4) is 0 Å². The molecule has 0 aliphatic heterocycles. The van der Waals surface area contributed by atoms with Gasteiger partial charge in [0, 0.05) is 36.0 Å². The van der Waals surface area contributed by atoms with Crippen molar-refractivity contribution in [1.82, 2.24) is 3.97 Å². The standard InChI is InChI=1S/C10H10ClIN2O3S.C2H6/c1-3-17-10(16)7(13)8(15)6-4-5(2)14(18-12)9(6)11;1-2/h4,13H,3H2,1-2H3;1-2H3. The lowest BCUT2D eigenvalue weighted by atomic mass is 10.1. The van der Waals surface area contributed by atoms with E-state index < -0.39 is 17.5 Å². The zero-order valence-electron chi connectivity index (χ0n) is 11.6. The first-order chi connectivity index (χ1) is 9.43. The molecule has 1 aromatic heterocycles. The second-order valence-corrected chi connectivity index (χ2v) is 5.32. The van der Waals surface area contributed by atoms with Crippen LogP contribution in [0.2, 0.25) is 5.15 Å². The molecule has 0 aliphatic carbocycles. The van der Waals surface area contributed by atoms with E-state index in [2.05, 4.69) is 4.74 Å². The Morgan fingerprint density at radius 2 is 2.05 bits per heavy atom. The van der Waals surface area contributed by atoms with Crippen molar-refractivity contribution in [2.45, 2.75) is 27.7 Å². The van der Waals surface area contributed by atoms with Gasteiger partial charge in [-0.1, -0.05) is 25.4 Å². The molecule has 20 heavy (non-hydrogen) atoms. The predicted molar refractivity (Wildman–Crippen MR) is 91.2 cm³/mol. The summed E-state index contributed by atoms with van der Waals surface area (Å²) in [6.07, 6.45) is 0. The minimum Gasteiger partial charge on any atom is -0.461 e. The number of rotatable bonds is 5. The number of ketones is 1. The van der Waals surface area contributed by atoms with Crippen LogP contribution >= 0.6 is 41.9 Å². The minimum absolute atomic E-state index is 0.117. The molecule has 0 atom stereocenters. The van der Waals surface area contributed by atoms with Crippen LogP contribution < -0.4 is 0 Å². The second kappa shape index (κ2) is 9.41. The molecule has 1 rings (SSSR count). The maximum Gasteiger partial charge on any atom is 0.360 e. The quantitative estimate of drug-likeness (QED) is 0.251. The maximum absolute atomic E-state index is 11.9. The number of aromatic nitrogens is 1. The molecule has 5 nitrogen and oxygen atoms in total. The molecule has 0 amide bonds. The van der Waals surface area contributed by atoms with Crippen molar-refractivity contribution >= 4 is 59.4 Å². The Balaban J connectivity index is 0.00000172. The molecule has 1 aromatic rings. The van der Waals surface area contributed by atoms with Gasteiger partial charge in [0.1, 0.15) is 5.15 Å². The Morgan fingerprint density at radius 1 is 1.50 bits per heavy atom. The summed E-state index contributed by atoms with van der Waals surface area (Å²) in [5.41, 5.74) is 0.185. The number of halogens is 2. The van der Waals surface area contributed by atoms with E-state index in [1.807, 2.05) is 35.1 Å². The average Bonchev–Trinajstić information content (AvgIpc) is 2.74. The number of nitrogens with zero attached hydrogens (tertiary/aromatic N) is 1. The van der Waals surface area contributed by atoms with Crippen LogP contribution in [-0.2, 0) is 9.53 Å². The van der Waals surface area contributed by atoms with Crippen molar-refractivity contribution in [3.05, 3.63) is 22.5 Å². The number of aryl methyl sites for hydroxylation is 1. The van der Waals surface area contributed by atoms with E-state index in [0.717, 1.165) is 5.69 Å². The number of carbonyl (C=O) groups is 2. The SMILES string of the molecule is CC.CCOC(=O)C(=N)C(=O)c1cc(C)n(SI)c1Cl. The van der Waals surface area contributed by atoms with Crippen molar-refractivity contribution in [3.63, 3.8) is 0 Å². The van der Waals surface area contributed by atoms with Gasteiger partial charge in [0.15, 0.2) is 5.71 Å². The van der Waals surface area contributed by atoms with Gasteiger partial charge in [-0.3, -0.25) is 14.2 Å². The van der Waals surface area contributed by atoms with Gasteiger partial charge in [-0.2, -0.15) is 0 Å². The molecule has 1 heterocycles. The molecular weight excluding hydrogens is 415 g/mol. The van der Waals surface area contributed by atoms with E-state index in [4.69, 9.17) is 17.0 Å². The maximum atomic E-state index is 11.9. The summed E-state index contributed by atoms with van der Waals surface area (Å²) < 4.78 is 6.24. The third-order valence-electron chi connectivity index (χ3n) is 2.09. The van der Waals surface area contributed by atoms with Gasteiger partial charge >= 0.3 is 5.97 Å². The summed E-state index contributed by atoms with van der Waals surface area (Å²) in [5.74, 6) is -1.67. The van der Waals surface area contributed by atoms with Crippen LogP contribution in [0.25, 0.3) is 0 Å². The monoisotopic (exact) mass is 430 g/mol. The van der Waals surface area contributed by atoms with Gasteiger partial charge in [0.05, 0.1) is 12.2 Å². The summed E-state index contributed by atoms with van der Waals surface area (Å²) in [4.78, 5) is 23.2. The topological polar surface area (TPSA) is 72.2 Å². The van der Waals surface area contributed by atoms with E-state index in [1.54, 1.807) is 23.9 Å². The van der Waals surface area contributed by atoms with Crippen molar-refractivity contribution in [2.75, 3.05) is 6.61 Å². The van der Waals surface area contributed by atoms with E-state index in [9.17, 15) is 9.59 Å². The third-order valence-corrected chi connectivity index (χ3v) is 4.36. The molecule has 0 radical (unpaired) electrons. The Morgan fingerprint density at radius 3 is 2.45 bits per heavy atom. The molecule has 0 saturated carbocycles. The number of hydrogen-bond acceptors (Lipinski definition) is 5. The third kappa shape index (κ3) is 4.49. The lowest BCUT2D eigenvalue weighted by Crippen LogP contribution is -2.25. The lowest BCUT2D eigenvalue weighted by molar-refractivity contribution is -0.134. The van der Waals surface area contributed by atoms with Crippen LogP contribution in [0.5, 0.6) is 0 Å². The molecule has 0 spiro atoms. The highest BCUT2D eigenvalue weighted by atomic mass is 127. The van der Waals surface area contributed by atoms with Crippen LogP contribution in [0.15, 0.2) is 6.07 Å². The normalized spacial score (nSPS) is 9.50. The first-order valence-electron chi connectivity index (χ1n) is 5.91. The summed E-state index contributed by atoms with van der Waals surface area (Å²) in [5, 5.41) is 7.67. The van der Waals surface area contributed by atoms with Gasteiger partial charge in [-0.05, 0) is 19.9 Å². The fourth-order valence-corrected chi connectivity index (χ4v) is 3.84. The molecule has 0 saturated heterocycles. The molecule has 0 bridgehead atoms. The first kappa shape index (κ1) is 19.5. The molecule has 8 heteroatoms. The van der Waals surface area contributed by atoms with Gasteiger partial charge in [0.25, 0.3) is 0 Å². The zero-order chi connectivity index (χ0) is 15.9. The molecule has 0 fully saturated rings. The largest absolute Gasteiger partial charge is 0.461 e. The van der Waals surface area contributed by atoms with Gasteiger partial charge in [-0.25, -0.2) is 4.79 Å². The summed E-state index contributed by atoms with van der Waals surface area (Å²) >= 11 is 8.04. The van der Waals surface area contributed by atoms with E-state index >= 15 is 0 Å². The Labute approximate surface area is 139 Å². The Hall–Kier alpha value is -0.540. The highest BCUT2D eigenvalue weighted by Gasteiger charge is 2.26. The van der Waals surface area contributed by atoms with Crippen LogP contribution in [-0.4, -0.2) is 28.0 Å². The fraction of sp³-hybridized carbons (Fsp3) is 0.417. The average molecular weight is 431 g/mol. The summed E-state index contributed by atoms with van der Waals surface area (Å²) in [6.45, 7) is 7.50. The van der Waals surface area contributed by atoms with Crippen LogP contribution in [0.4, 0.5) is 0 Å². The van der Waals surface area contributed by atoms with Crippen LogP contribution in [0, 0.1) is 12.3 Å². The summed E-state index contributed by atoms with van der Waals surface area (Å²) in [6, 6.07) is 1.55. The molecule has 1 N–H and O–H groups in total. The fourth-order valence-electron chi connectivity index (χ4n) is 1.27. The van der Waals surface area contributed by atoms with Crippen molar-refractivity contribution < 1.29 is 14.3 Å². The highest BCUT2D eigenvalue weighted by molar-refractivity contribution is 14.2. The lowest BCUT2D eigenvalue weighted by Gasteiger charge is -2.03. The number of esters is 1. The molecule has 0 unspecified atom stereocenters. The highest BCUT2D eigenvalue weighted by Crippen LogP contribution is 2.30. The zero-order valence-corrected chi connectivity index (χ0v) is 15.4. The van der Waals surface area contributed by atoms with Crippen molar-refractivity contribution in [2.24, 2.45) is 0 Å². The van der Waals surface area contributed by atoms with Crippen molar-refractivity contribution in [3.8, 4) is 0 Å². The molecule has 0 aromatic carbocycles. The number of ether oxygens (including phenoxy) is 1. The van der Waals surface area contributed by atoms with Gasteiger partial charge in [0.2, 0.25) is 5.78 Å². The van der Waals surface area contributed by atoms with E-state index in [-0.39, 0.29) is 17.3 Å². The van der Waals surface area contributed by atoms with Crippen molar-refractivity contribution in [1.29, 1.82) is 5.41 Å². The van der Waals surface area contributed by atoms with E-state index in [1.165, 1.54) is 9.12 Å². The Bertz CT molecular complexity index is 517.